The average Bonchev–Trinajstić information content (AvgIpc) is 3.09. The lowest BCUT2D eigenvalue weighted by atomic mass is 9.72. The number of furan rings is 1. The number of carbonyl (C=O) groups excluding carboxylic acids is 1. The predicted molar refractivity (Wildman–Crippen MR) is 110 cm³/mol. The Balaban J connectivity index is 1.74. The summed E-state index contributed by atoms with van der Waals surface area (Å²) in [7, 11) is 0. The molecule has 2 aromatic carbocycles. The molecule has 7 heteroatoms. The summed E-state index contributed by atoms with van der Waals surface area (Å²) in [6.45, 7) is 3.58. The molecule has 4 N–H and O–H groups in total. The van der Waals surface area contributed by atoms with E-state index in [4.69, 9.17) is 31.6 Å². The van der Waals surface area contributed by atoms with E-state index in [-0.39, 0.29) is 12.4 Å². The molecular weight excluding hydrogens is 394 g/mol. The zero-order chi connectivity index (χ0) is 20.9. The van der Waals surface area contributed by atoms with Crippen LogP contribution in [-0.2, 0) is 5.41 Å². The molecule has 0 bridgehead atoms. The van der Waals surface area contributed by atoms with Crippen molar-refractivity contribution in [2.75, 3.05) is 13.2 Å². The minimum atomic E-state index is -1.06. The lowest BCUT2D eigenvalue weighted by Gasteiger charge is -2.31. The normalized spacial score (nSPS) is 17.0. The third-order valence-corrected chi connectivity index (χ3v) is 5.71. The van der Waals surface area contributed by atoms with Crippen LogP contribution in [0.4, 0.5) is 0 Å². The highest BCUT2D eigenvalue weighted by Gasteiger charge is 2.41. The molecule has 0 fully saturated rings. The molecule has 1 aromatic heterocycles. The van der Waals surface area contributed by atoms with Crippen molar-refractivity contribution in [1.29, 1.82) is 0 Å². The molecule has 0 radical (unpaired) electrons. The van der Waals surface area contributed by atoms with Crippen LogP contribution in [0.2, 0.25) is 5.02 Å². The van der Waals surface area contributed by atoms with Crippen molar-refractivity contribution in [3.8, 4) is 5.75 Å². The van der Waals surface area contributed by atoms with Crippen molar-refractivity contribution in [3.05, 3.63) is 63.9 Å². The van der Waals surface area contributed by atoms with Crippen LogP contribution in [0.5, 0.6) is 5.75 Å². The molecule has 152 valence electrons. The molecule has 1 aliphatic rings. The summed E-state index contributed by atoms with van der Waals surface area (Å²) < 4.78 is 11.8. The number of benzene rings is 2. The third-order valence-electron chi connectivity index (χ3n) is 5.48. The van der Waals surface area contributed by atoms with Crippen molar-refractivity contribution in [3.63, 3.8) is 0 Å². The van der Waals surface area contributed by atoms with Gasteiger partial charge in [-0.1, -0.05) is 11.6 Å². The van der Waals surface area contributed by atoms with E-state index in [2.05, 4.69) is 0 Å². The molecule has 0 aliphatic heterocycles. The molecule has 0 amide bonds. The highest BCUT2D eigenvalue weighted by Crippen LogP contribution is 2.46. The number of carbonyl (C=O) groups is 1. The van der Waals surface area contributed by atoms with Gasteiger partial charge < -0.3 is 25.1 Å². The average molecular weight is 416 g/mol. The van der Waals surface area contributed by atoms with Crippen molar-refractivity contribution in [2.45, 2.75) is 31.4 Å². The summed E-state index contributed by atoms with van der Waals surface area (Å²) in [5, 5.41) is 19.9. The molecule has 2 unspecified atom stereocenters. The van der Waals surface area contributed by atoms with Crippen molar-refractivity contribution < 1.29 is 24.2 Å². The number of rotatable bonds is 5. The zero-order valence-corrected chi connectivity index (χ0v) is 16.9. The van der Waals surface area contributed by atoms with E-state index in [0.29, 0.717) is 33.2 Å². The van der Waals surface area contributed by atoms with Gasteiger partial charge in [-0.25, -0.2) is 0 Å². The Hall–Kier alpha value is -2.38. The predicted octanol–water partition coefficient (Wildman–Crippen LogP) is 3.02. The third kappa shape index (κ3) is 3.22. The van der Waals surface area contributed by atoms with E-state index in [9.17, 15) is 9.90 Å². The van der Waals surface area contributed by atoms with Crippen LogP contribution in [0.3, 0.4) is 0 Å². The maximum absolute atomic E-state index is 13.2. The van der Waals surface area contributed by atoms with Gasteiger partial charge in [-0.2, -0.15) is 0 Å². The van der Waals surface area contributed by atoms with E-state index < -0.39 is 24.2 Å². The van der Waals surface area contributed by atoms with Gasteiger partial charge in [-0.3, -0.25) is 4.79 Å². The standard InChI is InChI=1S/C22H22ClNO5/c1-22(2)15-8-12(28-10-16(24)17(26)9-25)4-6-13(15)20(27)19-14-5-3-11(23)7-18(14)29-21(19)22/h3-8,16-17,25-26H,9-10,24H2,1-2H3. The number of aliphatic hydroxyl groups excluding tert-OH is 2. The van der Waals surface area contributed by atoms with E-state index in [0.717, 1.165) is 10.9 Å². The fraction of sp³-hybridized carbons (Fsp3) is 0.318. The van der Waals surface area contributed by atoms with Crippen LogP contribution in [-0.4, -0.2) is 41.4 Å². The molecule has 0 saturated carbocycles. The smallest absolute Gasteiger partial charge is 0.197 e. The van der Waals surface area contributed by atoms with Gasteiger partial charge >= 0.3 is 0 Å². The van der Waals surface area contributed by atoms with Gasteiger partial charge in [0.05, 0.1) is 24.3 Å². The quantitative estimate of drug-likeness (QED) is 0.591. The summed E-state index contributed by atoms with van der Waals surface area (Å²) in [5.74, 6) is 1.01. The summed E-state index contributed by atoms with van der Waals surface area (Å²) in [6, 6.07) is 9.79. The molecule has 0 saturated heterocycles. The van der Waals surface area contributed by atoms with Crippen LogP contribution < -0.4 is 10.5 Å². The van der Waals surface area contributed by atoms with Gasteiger partial charge in [0, 0.05) is 27.5 Å². The number of halogens is 1. The Bertz CT molecular complexity index is 1100. The second-order valence-electron chi connectivity index (χ2n) is 7.83. The second kappa shape index (κ2) is 7.15. The Labute approximate surface area is 172 Å². The summed E-state index contributed by atoms with van der Waals surface area (Å²) in [6.07, 6.45) is -1.06. The van der Waals surface area contributed by atoms with E-state index in [1.165, 1.54) is 0 Å². The van der Waals surface area contributed by atoms with E-state index in [1.54, 1.807) is 30.3 Å². The van der Waals surface area contributed by atoms with Crippen molar-refractivity contribution >= 4 is 28.4 Å². The first-order valence-electron chi connectivity index (χ1n) is 9.33. The summed E-state index contributed by atoms with van der Waals surface area (Å²) >= 11 is 6.09. The monoisotopic (exact) mass is 415 g/mol. The highest BCUT2D eigenvalue weighted by atomic mass is 35.5. The fourth-order valence-corrected chi connectivity index (χ4v) is 3.92. The summed E-state index contributed by atoms with van der Waals surface area (Å²) in [5.41, 5.74) is 7.74. The first kappa shape index (κ1) is 19.9. The Kier molecular flexibility index (Phi) is 4.91. The molecule has 1 heterocycles. The number of ether oxygens (including phenoxy) is 1. The molecular formula is C22H22ClNO5. The van der Waals surface area contributed by atoms with Crippen LogP contribution in [0.15, 0.2) is 40.8 Å². The molecule has 1 aliphatic carbocycles. The molecule has 2 atom stereocenters. The van der Waals surface area contributed by atoms with Crippen LogP contribution in [0, 0.1) is 0 Å². The molecule has 4 rings (SSSR count). The topological polar surface area (TPSA) is 106 Å². The zero-order valence-electron chi connectivity index (χ0n) is 16.1. The number of hydrogen-bond acceptors (Lipinski definition) is 6. The van der Waals surface area contributed by atoms with E-state index >= 15 is 0 Å². The van der Waals surface area contributed by atoms with Gasteiger partial charge in [0.15, 0.2) is 5.78 Å². The molecule has 6 nitrogen and oxygen atoms in total. The van der Waals surface area contributed by atoms with Gasteiger partial charge in [-0.05, 0) is 49.7 Å². The number of nitrogens with two attached hydrogens (primary N) is 1. The Morgan fingerprint density at radius 2 is 2.00 bits per heavy atom. The maximum atomic E-state index is 13.2. The second-order valence-corrected chi connectivity index (χ2v) is 8.27. The fourth-order valence-electron chi connectivity index (χ4n) is 3.76. The Morgan fingerprint density at radius 3 is 2.72 bits per heavy atom. The Morgan fingerprint density at radius 1 is 1.24 bits per heavy atom. The van der Waals surface area contributed by atoms with E-state index in [1.807, 2.05) is 19.9 Å². The maximum Gasteiger partial charge on any atom is 0.197 e. The van der Waals surface area contributed by atoms with Gasteiger partial charge in [0.2, 0.25) is 0 Å². The number of ketones is 1. The van der Waals surface area contributed by atoms with Gasteiger partial charge in [0.25, 0.3) is 0 Å². The number of fused-ring (bicyclic) bond motifs is 4. The lowest BCUT2D eigenvalue weighted by Crippen LogP contribution is -2.41. The minimum Gasteiger partial charge on any atom is -0.492 e. The molecule has 3 aromatic rings. The SMILES string of the molecule is CC1(C)c2cc(OCC(N)C(O)CO)ccc2C(=O)c2c1oc1cc(Cl)ccc21. The van der Waals surface area contributed by atoms with Crippen LogP contribution in [0.1, 0.15) is 41.1 Å². The first-order valence-corrected chi connectivity index (χ1v) is 9.71. The minimum absolute atomic E-state index is 0.0310. The number of aliphatic hydroxyl groups is 2. The highest BCUT2D eigenvalue weighted by molar-refractivity contribution is 6.31. The van der Waals surface area contributed by atoms with Gasteiger partial charge in [-0.15, -0.1) is 0 Å². The molecule has 29 heavy (non-hydrogen) atoms. The lowest BCUT2D eigenvalue weighted by molar-refractivity contribution is 0.0587. The van der Waals surface area contributed by atoms with Crippen molar-refractivity contribution in [2.24, 2.45) is 5.73 Å². The summed E-state index contributed by atoms with van der Waals surface area (Å²) in [4.78, 5) is 13.2. The van der Waals surface area contributed by atoms with Crippen LogP contribution >= 0.6 is 11.6 Å². The van der Waals surface area contributed by atoms with Crippen LogP contribution in [0.25, 0.3) is 11.0 Å². The van der Waals surface area contributed by atoms with Gasteiger partial charge in [0.1, 0.15) is 23.7 Å². The van der Waals surface area contributed by atoms with Crippen molar-refractivity contribution in [1.82, 2.24) is 0 Å². The number of hydrogen-bond donors (Lipinski definition) is 3. The first-order chi connectivity index (χ1) is 13.7. The molecule has 0 spiro atoms. The largest absolute Gasteiger partial charge is 0.492 e.